The van der Waals surface area contributed by atoms with E-state index in [0.717, 1.165) is 78.2 Å². The Morgan fingerprint density at radius 1 is 0.972 bits per heavy atom. The fourth-order valence-electron chi connectivity index (χ4n) is 5.34. The fourth-order valence-corrected chi connectivity index (χ4v) is 6.41. The number of nitrogens with zero attached hydrogens (tertiary/aromatic N) is 6. The van der Waals surface area contributed by atoms with E-state index in [1.54, 1.807) is 17.4 Å². The number of morpholine rings is 1. The molecule has 8 nitrogen and oxygen atoms in total. The minimum atomic E-state index is -0.325. The van der Waals surface area contributed by atoms with Crippen LogP contribution in [0.1, 0.15) is 17.8 Å². The number of anilines is 1. The predicted molar refractivity (Wildman–Crippen MR) is 140 cm³/mol. The van der Waals surface area contributed by atoms with Gasteiger partial charge in [0.05, 0.1) is 25.3 Å². The molecule has 1 N–H and O–H groups in total. The van der Waals surface area contributed by atoms with Gasteiger partial charge in [0.2, 0.25) is 0 Å². The zero-order chi connectivity index (χ0) is 24.1. The van der Waals surface area contributed by atoms with Crippen LogP contribution >= 0.6 is 11.3 Å². The molecule has 0 bridgehead atoms. The first-order valence-corrected chi connectivity index (χ1v) is 13.7. The van der Waals surface area contributed by atoms with Gasteiger partial charge in [0.1, 0.15) is 15.5 Å². The number of aromatic nitrogens is 4. The van der Waals surface area contributed by atoms with Gasteiger partial charge in [0.25, 0.3) is 0 Å². The smallest absolute Gasteiger partial charge is 0.176 e. The number of hydrogen-bond donors (Lipinski definition) is 1. The standard InChI is InChI=1S/C26H30FN7OS/c27-19-3-4-20-18(5-6-28-20)22(19)24-30-25-23(26(31-24)34-11-13-35-14-12-34)36-21(29-25)16-33-9-7-32(8-10-33)15-17-1-2-17/h3-6,17,28H,1-2,7-16H2. The summed E-state index contributed by atoms with van der Waals surface area (Å²) in [7, 11) is 0. The molecule has 36 heavy (non-hydrogen) atoms. The largest absolute Gasteiger partial charge is 0.378 e. The van der Waals surface area contributed by atoms with Gasteiger partial charge in [-0.05, 0) is 37.0 Å². The first kappa shape index (κ1) is 22.5. The molecule has 188 valence electrons. The summed E-state index contributed by atoms with van der Waals surface area (Å²) in [4.78, 5) is 25.2. The van der Waals surface area contributed by atoms with Crippen molar-refractivity contribution in [2.75, 3.05) is 63.9 Å². The molecule has 0 atom stereocenters. The number of rotatable bonds is 6. The van der Waals surface area contributed by atoms with Crippen LogP contribution in [0.25, 0.3) is 32.6 Å². The normalized spacial score (nSPS) is 20.1. The zero-order valence-electron chi connectivity index (χ0n) is 20.2. The third kappa shape index (κ3) is 4.36. The van der Waals surface area contributed by atoms with Gasteiger partial charge < -0.3 is 19.5 Å². The molecule has 1 aromatic carbocycles. The van der Waals surface area contributed by atoms with E-state index in [1.165, 1.54) is 25.5 Å². The Hall–Kier alpha value is -2.66. The fraction of sp³-hybridized carbons (Fsp3) is 0.500. The van der Waals surface area contributed by atoms with Crippen LogP contribution in [0, 0.1) is 11.7 Å². The Balaban J connectivity index is 1.23. The van der Waals surface area contributed by atoms with Crippen LogP contribution in [0.15, 0.2) is 24.4 Å². The van der Waals surface area contributed by atoms with Gasteiger partial charge in [-0.3, -0.25) is 4.90 Å². The maximum absolute atomic E-state index is 15.1. The Labute approximate surface area is 213 Å². The zero-order valence-corrected chi connectivity index (χ0v) is 21.1. The number of aromatic amines is 1. The first-order chi connectivity index (χ1) is 17.7. The number of benzene rings is 1. The van der Waals surface area contributed by atoms with Crippen LogP contribution < -0.4 is 4.90 Å². The van der Waals surface area contributed by atoms with Gasteiger partial charge >= 0.3 is 0 Å². The summed E-state index contributed by atoms with van der Waals surface area (Å²) in [6.45, 7) is 9.27. The lowest BCUT2D eigenvalue weighted by Crippen LogP contribution is -2.46. The third-order valence-electron chi connectivity index (χ3n) is 7.54. The number of thiazole rings is 1. The minimum absolute atomic E-state index is 0.325. The lowest BCUT2D eigenvalue weighted by molar-refractivity contribution is 0.122. The van der Waals surface area contributed by atoms with Crippen molar-refractivity contribution in [3.05, 3.63) is 35.2 Å². The second-order valence-corrected chi connectivity index (χ2v) is 11.2. The summed E-state index contributed by atoms with van der Waals surface area (Å²) in [5, 5.41) is 1.82. The van der Waals surface area contributed by atoms with Crippen molar-refractivity contribution in [2.24, 2.45) is 5.92 Å². The molecule has 3 fully saturated rings. The Morgan fingerprint density at radius 2 is 1.78 bits per heavy atom. The van der Waals surface area contributed by atoms with Crippen LogP contribution in [0.3, 0.4) is 0 Å². The van der Waals surface area contributed by atoms with Crippen molar-refractivity contribution in [1.82, 2.24) is 29.7 Å². The molecular formula is C26H30FN7OS. The van der Waals surface area contributed by atoms with Crippen LogP contribution in [0.4, 0.5) is 10.2 Å². The average Bonchev–Trinajstić information content (AvgIpc) is 3.42. The topological polar surface area (TPSA) is 73.4 Å². The molecule has 2 aliphatic heterocycles. The van der Waals surface area contributed by atoms with Crippen molar-refractivity contribution in [3.8, 4) is 11.4 Å². The second-order valence-electron chi connectivity index (χ2n) is 10.1. The van der Waals surface area contributed by atoms with Crippen molar-refractivity contribution >= 4 is 38.4 Å². The summed E-state index contributed by atoms with van der Waals surface area (Å²) < 4.78 is 21.7. The van der Waals surface area contributed by atoms with Gasteiger partial charge in [-0.25, -0.2) is 19.3 Å². The molecule has 1 aliphatic carbocycles. The molecule has 5 heterocycles. The monoisotopic (exact) mass is 507 g/mol. The summed E-state index contributed by atoms with van der Waals surface area (Å²) in [6, 6.07) is 5.11. The number of piperazine rings is 1. The molecule has 0 spiro atoms. The summed E-state index contributed by atoms with van der Waals surface area (Å²) in [5.74, 6) is 1.84. The van der Waals surface area contributed by atoms with Crippen molar-refractivity contribution in [2.45, 2.75) is 19.4 Å². The van der Waals surface area contributed by atoms with Gasteiger partial charge in [0.15, 0.2) is 17.3 Å². The highest BCUT2D eigenvalue weighted by molar-refractivity contribution is 7.19. The SMILES string of the molecule is Fc1ccc2[nH]ccc2c1-c1nc(N2CCOCC2)c2sc(CN3CCN(CC4CC4)CC3)nc2n1. The molecule has 0 radical (unpaired) electrons. The van der Waals surface area contributed by atoms with E-state index in [2.05, 4.69) is 19.7 Å². The van der Waals surface area contributed by atoms with Crippen molar-refractivity contribution < 1.29 is 9.13 Å². The Morgan fingerprint density at radius 3 is 2.58 bits per heavy atom. The lowest BCUT2D eigenvalue weighted by Gasteiger charge is -2.34. The lowest BCUT2D eigenvalue weighted by atomic mass is 10.1. The van der Waals surface area contributed by atoms with E-state index in [9.17, 15) is 0 Å². The molecule has 4 aromatic rings. The van der Waals surface area contributed by atoms with Gasteiger partial charge in [-0.2, -0.15) is 0 Å². The van der Waals surface area contributed by atoms with Gasteiger partial charge in [-0.15, -0.1) is 11.3 Å². The number of H-pyrrole nitrogens is 1. The van der Waals surface area contributed by atoms with E-state index in [4.69, 9.17) is 19.7 Å². The molecule has 3 aliphatic rings. The maximum Gasteiger partial charge on any atom is 0.176 e. The number of ether oxygens (including phenoxy) is 1. The third-order valence-corrected chi connectivity index (χ3v) is 8.56. The summed E-state index contributed by atoms with van der Waals surface area (Å²) in [6.07, 6.45) is 4.63. The summed E-state index contributed by atoms with van der Waals surface area (Å²) >= 11 is 1.67. The number of halogens is 1. The summed E-state index contributed by atoms with van der Waals surface area (Å²) in [5.41, 5.74) is 1.94. The molecule has 7 rings (SSSR count). The average molecular weight is 508 g/mol. The van der Waals surface area contributed by atoms with Gasteiger partial charge in [-0.1, -0.05) is 0 Å². The highest BCUT2D eigenvalue weighted by atomic mass is 32.1. The van der Waals surface area contributed by atoms with Crippen LogP contribution in [0.5, 0.6) is 0 Å². The van der Waals surface area contributed by atoms with Crippen LogP contribution in [-0.4, -0.2) is 88.8 Å². The van der Waals surface area contributed by atoms with E-state index >= 15 is 4.39 Å². The minimum Gasteiger partial charge on any atom is -0.378 e. The molecule has 2 saturated heterocycles. The molecule has 3 aromatic heterocycles. The van der Waals surface area contributed by atoms with Crippen LogP contribution in [0.2, 0.25) is 0 Å². The highest BCUT2D eigenvalue weighted by Gasteiger charge is 2.27. The Bertz CT molecular complexity index is 1390. The quantitative estimate of drug-likeness (QED) is 0.426. The van der Waals surface area contributed by atoms with Gasteiger partial charge in [0, 0.05) is 62.9 Å². The van der Waals surface area contributed by atoms with E-state index in [-0.39, 0.29) is 5.82 Å². The van der Waals surface area contributed by atoms with Crippen molar-refractivity contribution in [3.63, 3.8) is 0 Å². The van der Waals surface area contributed by atoms with Crippen LogP contribution in [-0.2, 0) is 11.3 Å². The molecule has 0 unspecified atom stereocenters. The maximum atomic E-state index is 15.1. The van der Waals surface area contributed by atoms with E-state index in [1.807, 2.05) is 12.3 Å². The number of hydrogen-bond acceptors (Lipinski definition) is 8. The molecule has 0 amide bonds. The first-order valence-electron chi connectivity index (χ1n) is 12.9. The molecule has 10 heteroatoms. The van der Waals surface area contributed by atoms with E-state index in [0.29, 0.717) is 30.2 Å². The Kier molecular flexibility index (Phi) is 5.84. The predicted octanol–water partition coefficient (Wildman–Crippen LogP) is 3.74. The molecular weight excluding hydrogens is 477 g/mol. The number of nitrogens with one attached hydrogen (secondary N) is 1. The van der Waals surface area contributed by atoms with Crippen molar-refractivity contribution in [1.29, 1.82) is 0 Å². The second kappa shape index (κ2) is 9.33. The van der Waals surface area contributed by atoms with E-state index < -0.39 is 0 Å². The highest BCUT2D eigenvalue weighted by Crippen LogP contribution is 2.36. The molecule has 1 saturated carbocycles. The number of fused-ring (bicyclic) bond motifs is 2.